The third-order valence-corrected chi connectivity index (χ3v) is 16.4. The van der Waals surface area contributed by atoms with Crippen molar-refractivity contribution in [3.05, 3.63) is 170 Å². The number of benzene rings is 3. The fourth-order valence-electron chi connectivity index (χ4n) is 7.54. The number of unbranched alkanes of at least 4 members (excludes halogenated alkanes) is 2. The van der Waals surface area contributed by atoms with Crippen LogP contribution in [0.5, 0.6) is 17.2 Å². The number of hydrogen-bond acceptors (Lipinski definition) is 19. The Kier molecular flexibility index (Phi) is 34.4. The summed E-state index contributed by atoms with van der Waals surface area (Å²) in [5.74, 6) is -15.1. The first-order valence-corrected chi connectivity index (χ1v) is 32.2. The zero-order valence-corrected chi connectivity index (χ0v) is 57.2. The van der Waals surface area contributed by atoms with Crippen molar-refractivity contribution in [1.82, 2.24) is 29.3 Å². The topological polar surface area (TPSA) is 337 Å². The van der Waals surface area contributed by atoms with Gasteiger partial charge in [0.25, 0.3) is 11.1 Å². The van der Waals surface area contributed by atoms with Crippen LogP contribution in [-0.2, 0) is 42.2 Å². The molecular formula is C58H77Cl2F5MgN6O19P2. The normalized spacial score (nSPS) is 22.4. The van der Waals surface area contributed by atoms with E-state index in [1.165, 1.54) is 91.0 Å². The van der Waals surface area contributed by atoms with Gasteiger partial charge >= 0.3 is 61.9 Å². The number of para-hydroxylation sites is 2. The second-order valence-corrected chi connectivity index (χ2v) is 25.9. The number of aromatic nitrogens is 4. The Labute approximate surface area is 559 Å². The van der Waals surface area contributed by atoms with E-state index in [1.54, 1.807) is 50.2 Å². The molecule has 93 heavy (non-hydrogen) atoms. The number of alkyl halides is 2. The molecule has 2 aromatic heterocycles. The van der Waals surface area contributed by atoms with Crippen LogP contribution in [0.2, 0.25) is 0 Å². The van der Waals surface area contributed by atoms with E-state index < -0.39 is 169 Å². The Morgan fingerprint density at radius 3 is 1.31 bits per heavy atom. The minimum Gasteiger partial charge on any atom is -0.462 e. The minimum absolute atomic E-state index is 0. The van der Waals surface area contributed by atoms with E-state index >= 15 is 0 Å². The molecule has 7 rings (SSSR count). The number of aliphatic hydroxyl groups is 3. The summed E-state index contributed by atoms with van der Waals surface area (Å²) in [7, 11) is -9.14. The van der Waals surface area contributed by atoms with Gasteiger partial charge in [-0.05, 0) is 79.7 Å². The Morgan fingerprint density at radius 1 is 0.624 bits per heavy atom. The van der Waals surface area contributed by atoms with Gasteiger partial charge in [-0.1, -0.05) is 63.1 Å². The number of carbonyl (C=O) groups excluding carboxylic acids is 2. The van der Waals surface area contributed by atoms with Crippen molar-refractivity contribution in [2.75, 3.05) is 13.2 Å². The molecule has 4 heterocycles. The first-order valence-electron chi connectivity index (χ1n) is 28.4. The summed E-state index contributed by atoms with van der Waals surface area (Å²) >= 11 is 12.7. The molecule has 0 amide bonds. The predicted molar refractivity (Wildman–Crippen MR) is 334 cm³/mol. The van der Waals surface area contributed by atoms with Crippen LogP contribution >= 0.6 is 38.7 Å². The number of rotatable bonds is 22. The second-order valence-electron chi connectivity index (χ2n) is 20.9. The molecule has 3 aromatic carbocycles. The number of esters is 2. The van der Waals surface area contributed by atoms with Crippen LogP contribution in [0.3, 0.4) is 0 Å². The third kappa shape index (κ3) is 24.3. The molecule has 7 N–H and O–H groups in total. The maximum Gasteiger partial charge on any atom is 2.00 e. The maximum absolute atomic E-state index is 14.0. The molecule has 2 aliphatic heterocycles. The number of ether oxygens (including phenoxy) is 4. The van der Waals surface area contributed by atoms with Gasteiger partial charge in [0.2, 0.25) is 34.8 Å². The summed E-state index contributed by atoms with van der Waals surface area (Å²) < 4.78 is 139. The average molecular weight is 1410 g/mol. The second kappa shape index (κ2) is 38.3. The van der Waals surface area contributed by atoms with Gasteiger partial charge in [0, 0.05) is 24.5 Å². The van der Waals surface area contributed by atoms with E-state index in [4.69, 9.17) is 60.8 Å². The first-order chi connectivity index (χ1) is 43.0. The van der Waals surface area contributed by atoms with Gasteiger partial charge in [0.1, 0.15) is 57.7 Å². The van der Waals surface area contributed by atoms with Gasteiger partial charge in [-0.15, -0.1) is 23.2 Å². The smallest absolute Gasteiger partial charge is 0.462 e. The van der Waals surface area contributed by atoms with Crippen molar-refractivity contribution >= 4 is 73.7 Å². The van der Waals surface area contributed by atoms with Gasteiger partial charge in [-0.2, -0.15) is 31.8 Å². The Hall–Kier alpha value is -5.50. The van der Waals surface area contributed by atoms with Crippen LogP contribution < -0.4 is 46.2 Å². The van der Waals surface area contributed by atoms with Crippen LogP contribution in [-0.4, -0.2) is 141 Å². The molecular weight excluding hydrogens is 1340 g/mol. The van der Waals surface area contributed by atoms with Crippen LogP contribution in [0, 0.1) is 42.9 Å². The zero-order valence-electron chi connectivity index (χ0n) is 52.5. The van der Waals surface area contributed by atoms with E-state index in [9.17, 15) is 70.1 Å². The fraction of sp³-hybridized carbons (Fsp3) is 0.483. The van der Waals surface area contributed by atoms with Crippen LogP contribution in [0.25, 0.3) is 0 Å². The number of H-pyrrole nitrogens is 2. The monoisotopic (exact) mass is 1410 g/mol. The largest absolute Gasteiger partial charge is 2.00 e. The average Bonchev–Trinajstić information content (AvgIpc) is 1.69. The molecule has 0 unspecified atom stereocenters. The molecule has 2 fully saturated rings. The third-order valence-electron chi connectivity index (χ3n) is 12.4. The van der Waals surface area contributed by atoms with Gasteiger partial charge in [0.15, 0.2) is 12.5 Å². The standard InChI is InChI=1S/C22H29ClN3O9P.C18H17F5NO5P.C10H13ClN2O5.2C4H9.Mg/c1-13(2)33-19(29)14(3)25-36(31,35-15-8-6-5-7-9-15)32-12-16-18(28)22(4,23)20(34-16)26-11-10-17(27)24-21(26)30;1-9(2)27-18(25)10(3)24-30(26,28-11-7-5-4-6-8-11)29-17-15(22)13(20)12(19)14(21)16(17)23;1-10(11)7(16)5(4-14)18-8(10)13-3-2-6(15)12-9(13)17;2*1-3-4-2;/h5-11,13-14,16,18,20,28H,12H2,1-4H3,(H,25,31)(H,24,27,30);4-10H,1-3H3,(H,24,26);2-3,5,7-8,14,16H,4H2,1H3,(H,12,15,17);2*1,3-4H2,2H3;/q;;;2*-1;+2/t14-,16-,18-,20-,22-,36-;10-,30-;5-,7-,8-,10-;;;/m111.../s1. The molecule has 0 spiro atoms. The van der Waals surface area contributed by atoms with E-state index in [-0.39, 0.29) is 34.6 Å². The summed E-state index contributed by atoms with van der Waals surface area (Å²) in [5, 5.41) is 34.4. The summed E-state index contributed by atoms with van der Waals surface area (Å²) in [6.07, 6.45) is -0.662. The molecule has 0 radical (unpaired) electrons. The Balaban J connectivity index is 0.000000464. The Bertz CT molecular complexity index is 3490. The van der Waals surface area contributed by atoms with Gasteiger partial charge in [0.05, 0.1) is 25.4 Å². The number of carbonyl (C=O) groups is 2. The fourth-order valence-corrected chi connectivity index (χ4v) is 11.2. The molecule has 35 heteroatoms. The number of aliphatic hydroxyl groups excluding tert-OH is 3. The van der Waals surface area contributed by atoms with Crippen molar-refractivity contribution in [1.29, 1.82) is 0 Å². The summed E-state index contributed by atoms with van der Waals surface area (Å²) in [6.45, 7) is 22.5. The summed E-state index contributed by atoms with van der Waals surface area (Å²) in [4.78, 5) is 71.9. The number of halogens is 7. The number of nitrogens with zero attached hydrogens (tertiary/aromatic N) is 2. The molecule has 2 aliphatic rings. The zero-order chi connectivity index (χ0) is 69.6. The number of aromatic amines is 2. The maximum atomic E-state index is 14.0. The van der Waals surface area contributed by atoms with Gasteiger partial charge in [-0.25, -0.2) is 31.9 Å². The summed E-state index contributed by atoms with van der Waals surface area (Å²) in [5.41, 5.74) is -2.62. The summed E-state index contributed by atoms with van der Waals surface area (Å²) in [6, 6.07) is 15.0. The van der Waals surface area contributed by atoms with Crippen molar-refractivity contribution < 1.29 is 93.0 Å². The Morgan fingerprint density at radius 2 is 0.968 bits per heavy atom. The molecule has 0 saturated carbocycles. The number of hydrogen-bond donors (Lipinski definition) is 7. The minimum atomic E-state index is -4.91. The van der Waals surface area contributed by atoms with E-state index in [2.05, 4.69) is 52.4 Å². The molecule has 0 bridgehead atoms. The SMILES string of the molecule is CC(C)OC(=O)[C@@H](C)N[P@@](=O)(OC[C@H]1O[C@@H](n2ccc(=O)[nH]c2=O)[C@](C)(Cl)[C@@H]1O)Oc1ccccc1.CC(C)OC(=O)[C@@H](C)N[P@@](=O)(Oc1ccccc1)Oc1c(F)c(F)c(F)c(F)c1F.C[C@@]1(Cl)[C@H](O)[C@@H](CO)O[C@H]1n1ccc(=O)[nH]c1=O.[CH2-]CCC.[CH2-]CCC.[Mg+2]. The van der Waals surface area contributed by atoms with Gasteiger partial charge < -0.3 is 61.7 Å². The predicted octanol–water partition coefficient (Wildman–Crippen LogP) is 8.45. The van der Waals surface area contributed by atoms with E-state index in [1.807, 2.05) is 0 Å². The molecule has 25 nitrogen and oxygen atoms in total. The van der Waals surface area contributed by atoms with Crippen LogP contribution in [0.1, 0.15) is 107 Å². The molecule has 2 saturated heterocycles. The molecule has 0 aliphatic carbocycles. The number of nitrogens with one attached hydrogen (secondary N) is 4. The molecule has 5 aromatic rings. The quantitative estimate of drug-likeness (QED) is 0.00499. The van der Waals surface area contributed by atoms with Crippen molar-refractivity contribution in [2.24, 2.45) is 0 Å². The van der Waals surface area contributed by atoms with Crippen LogP contribution in [0.4, 0.5) is 22.0 Å². The van der Waals surface area contributed by atoms with Crippen molar-refractivity contribution in [3.63, 3.8) is 0 Å². The van der Waals surface area contributed by atoms with E-state index in [0.29, 0.717) is 0 Å². The van der Waals surface area contributed by atoms with Crippen molar-refractivity contribution in [3.8, 4) is 17.2 Å². The first kappa shape index (κ1) is 83.6. The van der Waals surface area contributed by atoms with Crippen LogP contribution in [0.15, 0.2) is 104 Å². The van der Waals surface area contributed by atoms with E-state index in [0.717, 1.165) is 34.1 Å². The van der Waals surface area contributed by atoms with Crippen molar-refractivity contribution in [2.45, 2.75) is 166 Å². The molecule has 12 atom stereocenters. The van der Waals surface area contributed by atoms with Gasteiger partial charge in [-0.3, -0.25) is 42.8 Å². The molecule has 514 valence electrons.